The van der Waals surface area contributed by atoms with E-state index in [-0.39, 0.29) is 12.5 Å². The van der Waals surface area contributed by atoms with Gasteiger partial charge in [-0.2, -0.15) is 0 Å². The summed E-state index contributed by atoms with van der Waals surface area (Å²) >= 11 is 0. The smallest absolute Gasteiger partial charge is 0.240 e. The number of aromatic nitrogens is 3. The molecule has 3 N–H and O–H groups in total. The molecule has 6 nitrogen and oxygen atoms in total. The third-order valence-electron chi connectivity index (χ3n) is 2.63. The third-order valence-corrected chi connectivity index (χ3v) is 2.63. The number of carbonyl (C=O) groups excluding carboxylic acids is 1. The van der Waals surface area contributed by atoms with Crippen molar-refractivity contribution in [1.29, 1.82) is 0 Å². The van der Waals surface area contributed by atoms with Gasteiger partial charge in [0.1, 0.15) is 12.1 Å². The van der Waals surface area contributed by atoms with Crippen LogP contribution in [0.25, 0.3) is 11.2 Å². The van der Waals surface area contributed by atoms with Crippen LogP contribution >= 0.6 is 0 Å². The van der Waals surface area contributed by atoms with Crippen LogP contribution in [-0.4, -0.2) is 27.0 Å². The molecule has 6 heteroatoms. The van der Waals surface area contributed by atoms with Gasteiger partial charge in [0.05, 0.1) is 0 Å². The van der Waals surface area contributed by atoms with Crippen molar-refractivity contribution in [1.82, 2.24) is 19.9 Å². The summed E-state index contributed by atoms with van der Waals surface area (Å²) in [5, 5.41) is 2.81. The molecule has 96 valence electrons. The molecule has 2 aromatic rings. The van der Waals surface area contributed by atoms with Gasteiger partial charge in [-0.25, -0.2) is 9.97 Å². The minimum Gasteiger partial charge on any atom is -0.369 e. The summed E-state index contributed by atoms with van der Waals surface area (Å²) < 4.78 is 1.63. The van der Waals surface area contributed by atoms with Crippen LogP contribution < -0.4 is 11.1 Å². The van der Waals surface area contributed by atoms with Crippen LogP contribution in [0.15, 0.2) is 12.1 Å². The zero-order valence-corrected chi connectivity index (χ0v) is 10.6. The first-order valence-electron chi connectivity index (χ1n) is 5.98. The number of carbonyl (C=O) groups is 1. The van der Waals surface area contributed by atoms with Gasteiger partial charge in [-0.1, -0.05) is 6.92 Å². The van der Waals surface area contributed by atoms with Crippen molar-refractivity contribution in [3.8, 4) is 0 Å². The second-order valence-electron chi connectivity index (χ2n) is 4.20. The molecule has 2 heterocycles. The van der Waals surface area contributed by atoms with Crippen molar-refractivity contribution in [3.05, 3.63) is 17.8 Å². The number of nitrogens with two attached hydrogens (primary N) is 1. The van der Waals surface area contributed by atoms with Gasteiger partial charge in [-0.3, -0.25) is 9.36 Å². The van der Waals surface area contributed by atoms with Gasteiger partial charge in [-0.05, 0) is 25.5 Å². The predicted molar refractivity (Wildman–Crippen MR) is 70.0 cm³/mol. The number of nitrogen functional groups attached to an aromatic ring is 1. The van der Waals surface area contributed by atoms with Crippen LogP contribution in [-0.2, 0) is 11.3 Å². The van der Waals surface area contributed by atoms with E-state index in [4.69, 9.17) is 5.73 Å². The van der Waals surface area contributed by atoms with E-state index in [1.165, 1.54) is 0 Å². The van der Waals surface area contributed by atoms with E-state index in [1.807, 2.05) is 26.0 Å². The number of imidazole rings is 1. The summed E-state index contributed by atoms with van der Waals surface area (Å²) in [6.45, 7) is 4.72. The van der Waals surface area contributed by atoms with Crippen LogP contribution in [0, 0.1) is 6.92 Å². The number of hydrogen-bond acceptors (Lipinski definition) is 4. The van der Waals surface area contributed by atoms with Crippen molar-refractivity contribution < 1.29 is 4.79 Å². The largest absolute Gasteiger partial charge is 0.369 e. The van der Waals surface area contributed by atoms with Crippen LogP contribution in [0.3, 0.4) is 0 Å². The van der Waals surface area contributed by atoms with Gasteiger partial charge in [0.15, 0.2) is 5.65 Å². The van der Waals surface area contributed by atoms with E-state index in [0.717, 1.165) is 12.1 Å². The number of amides is 1. The Kier molecular flexibility index (Phi) is 3.45. The lowest BCUT2D eigenvalue weighted by Crippen LogP contribution is -2.28. The maximum absolute atomic E-state index is 11.7. The van der Waals surface area contributed by atoms with Crippen LogP contribution in [0.5, 0.6) is 0 Å². The van der Waals surface area contributed by atoms with E-state index in [0.29, 0.717) is 23.7 Å². The number of anilines is 1. The van der Waals surface area contributed by atoms with E-state index in [9.17, 15) is 4.79 Å². The topological polar surface area (TPSA) is 85.8 Å². The highest BCUT2D eigenvalue weighted by Gasteiger charge is 2.12. The zero-order valence-electron chi connectivity index (χ0n) is 10.6. The second-order valence-corrected chi connectivity index (χ2v) is 4.20. The molecule has 0 unspecified atom stereocenters. The van der Waals surface area contributed by atoms with Crippen molar-refractivity contribution in [2.45, 2.75) is 26.8 Å². The number of rotatable bonds is 4. The van der Waals surface area contributed by atoms with E-state index < -0.39 is 0 Å². The van der Waals surface area contributed by atoms with E-state index in [2.05, 4.69) is 15.3 Å². The van der Waals surface area contributed by atoms with Crippen LogP contribution in [0.2, 0.25) is 0 Å². The van der Waals surface area contributed by atoms with E-state index in [1.54, 1.807) is 4.57 Å². The number of pyridine rings is 1. The fraction of sp³-hybridized carbons (Fsp3) is 0.417. The Labute approximate surface area is 105 Å². The molecule has 0 atom stereocenters. The SMILES string of the molecule is CCCNC(=O)Cn1c(N)nc2ccc(C)nc21. The molecule has 0 aliphatic carbocycles. The molecule has 18 heavy (non-hydrogen) atoms. The second kappa shape index (κ2) is 5.03. The van der Waals surface area contributed by atoms with Gasteiger partial charge in [0.2, 0.25) is 11.9 Å². The first-order chi connectivity index (χ1) is 8.61. The Hall–Kier alpha value is -2.11. The number of nitrogens with zero attached hydrogens (tertiary/aromatic N) is 3. The average Bonchev–Trinajstić information content (AvgIpc) is 2.63. The lowest BCUT2D eigenvalue weighted by molar-refractivity contribution is -0.121. The lowest BCUT2D eigenvalue weighted by atomic mass is 10.3. The molecule has 0 fully saturated rings. The van der Waals surface area contributed by atoms with Gasteiger partial charge >= 0.3 is 0 Å². The Morgan fingerprint density at radius 2 is 2.22 bits per heavy atom. The van der Waals surface area contributed by atoms with Crippen molar-refractivity contribution in [2.75, 3.05) is 12.3 Å². The summed E-state index contributed by atoms with van der Waals surface area (Å²) in [5.41, 5.74) is 8.05. The molecule has 0 saturated heterocycles. The monoisotopic (exact) mass is 247 g/mol. The van der Waals surface area contributed by atoms with Gasteiger partial charge in [-0.15, -0.1) is 0 Å². The highest BCUT2D eigenvalue weighted by Crippen LogP contribution is 2.15. The number of hydrogen-bond donors (Lipinski definition) is 2. The summed E-state index contributed by atoms with van der Waals surface area (Å²) in [5.74, 6) is 0.237. The molecular weight excluding hydrogens is 230 g/mol. The fourth-order valence-electron chi connectivity index (χ4n) is 1.73. The molecule has 2 aromatic heterocycles. The highest BCUT2D eigenvalue weighted by molar-refractivity contribution is 5.80. The van der Waals surface area contributed by atoms with Gasteiger partial charge < -0.3 is 11.1 Å². The Morgan fingerprint density at radius 1 is 1.44 bits per heavy atom. The lowest BCUT2D eigenvalue weighted by Gasteiger charge is -2.06. The molecule has 1 amide bonds. The number of fused-ring (bicyclic) bond motifs is 1. The van der Waals surface area contributed by atoms with Crippen molar-refractivity contribution in [3.63, 3.8) is 0 Å². The molecular formula is C12H17N5O. The number of aryl methyl sites for hydroxylation is 1. The van der Waals surface area contributed by atoms with Crippen molar-refractivity contribution in [2.24, 2.45) is 0 Å². The Balaban J connectivity index is 2.29. The average molecular weight is 247 g/mol. The first-order valence-corrected chi connectivity index (χ1v) is 5.98. The third kappa shape index (κ3) is 2.42. The first kappa shape index (κ1) is 12.3. The van der Waals surface area contributed by atoms with Crippen LogP contribution in [0.4, 0.5) is 5.95 Å². The minimum absolute atomic E-state index is 0.0776. The van der Waals surface area contributed by atoms with Gasteiger partial charge in [0.25, 0.3) is 0 Å². The molecule has 0 spiro atoms. The summed E-state index contributed by atoms with van der Waals surface area (Å²) in [6, 6.07) is 3.73. The molecule has 0 aromatic carbocycles. The maximum Gasteiger partial charge on any atom is 0.240 e. The molecule has 0 aliphatic heterocycles. The standard InChI is InChI=1S/C12H17N5O/c1-3-6-14-10(18)7-17-11-9(16-12(17)13)5-4-8(2)15-11/h4-5H,3,6-7H2,1-2H3,(H2,13,16)(H,14,18). The van der Waals surface area contributed by atoms with E-state index >= 15 is 0 Å². The highest BCUT2D eigenvalue weighted by atomic mass is 16.1. The molecule has 0 radical (unpaired) electrons. The normalized spacial score (nSPS) is 10.8. The molecule has 0 saturated carbocycles. The zero-order chi connectivity index (χ0) is 13.1. The fourth-order valence-corrected chi connectivity index (χ4v) is 1.73. The van der Waals surface area contributed by atoms with Crippen LogP contribution in [0.1, 0.15) is 19.0 Å². The Bertz CT molecular complexity index is 575. The maximum atomic E-state index is 11.7. The van der Waals surface area contributed by atoms with Crippen molar-refractivity contribution >= 4 is 23.0 Å². The number of nitrogens with one attached hydrogen (secondary N) is 1. The quantitative estimate of drug-likeness (QED) is 0.838. The van der Waals surface area contributed by atoms with Gasteiger partial charge in [0, 0.05) is 12.2 Å². The molecule has 2 rings (SSSR count). The molecule has 0 aliphatic rings. The Morgan fingerprint density at radius 3 is 2.94 bits per heavy atom. The predicted octanol–water partition coefficient (Wildman–Crippen LogP) is 0.848. The molecule has 0 bridgehead atoms. The summed E-state index contributed by atoms with van der Waals surface area (Å²) in [7, 11) is 0. The summed E-state index contributed by atoms with van der Waals surface area (Å²) in [6.07, 6.45) is 0.906. The minimum atomic E-state index is -0.0776. The summed E-state index contributed by atoms with van der Waals surface area (Å²) in [4.78, 5) is 20.3.